The van der Waals surface area contributed by atoms with Gasteiger partial charge in [-0.25, -0.2) is 9.59 Å². The van der Waals surface area contributed by atoms with Crippen LogP contribution in [-0.4, -0.2) is 38.4 Å². The van der Waals surface area contributed by atoms with Crippen molar-refractivity contribution in [3.8, 4) is 11.5 Å². The molecule has 0 amide bonds. The minimum absolute atomic E-state index is 0.138. The summed E-state index contributed by atoms with van der Waals surface area (Å²) < 4.78 is 32.3. The van der Waals surface area contributed by atoms with Crippen molar-refractivity contribution in [1.29, 1.82) is 0 Å². The van der Waals surface area contributed by atoms with Gasteiger partial charge in [0.05, 0.1) is 37.2 Å². The number of rotatable bonds is 12. The highest BCUT2D eigenvalue weighted by molar-refractivity contribution is 5.90. The van der Waals surface area contributed by atoms with Crippen molar-refractivity contribution < 1.29 is 37.4 Å². The van der Waals surface area contributed by atoms with E-state index in [0.717, 1.165) is 31.4 Å². The highest BCUT2D eigenvalue weighted by Crippen LogP contribution is 2.22. The van der Waals surface area contributed by atoms with Crippen LogP contribution in [0.1, 0.15) is 54.2 Å². The molecule has 4 aromatic rings. The number of ether oxygens (including phenoxy) is 4. The Morgan fingerprint density at radius 3 is 1.49 bits per heavy atom. The SMILES string of the molecule is CCOC(=O)c1cc(=O)c2cc(OCCCCCOc3ccc4oc(C(=O)OCC)cc(=O)c4c3)ccc2o1. The summed E-state index contributed by atoms with van der Waals surface area (Å²) in [4.78, 5) is 48.5. The van der Waals surface area contributed by atoms with Gasteiger partial charge in [-0.2, -0.15) is 0 Å². The van der Waals surface area contributed by atoms with Gasteiger partial charge in [-0.1, -0.05) is 0 Å². The van der Waals surface area contributed by atoms with E-state index in [1.807, 2.05) is 0 Å². The number of hydrogen-bond acceptors (Lipinski definition) is 10. The molecule has 0 unspecified atom stereocenters. The Hall–Kier alpha value is -4.60. The van der Waals surface area contributed by atoms with Gasteiger partial charge < -0.3 is 27.8 Å². The molecule has 0 radical (unpaired) electrons. The Morgan fingerprint density at radius 1 is 0.641 bits per heavy atom. The summed E-state index contributed by atoms with van der Waals surface area (Å²) in [5.74, 6) is -0.596. The zero-order chi connectivity index (χ0) is 27.8. The van der Waals surface area contributed by atoms with Crippen molar-refractivity contribution in [3.05, 3.63) is 80.5 Å². The van der Waals surface area contributed by atoms with Crippen LogP contribution in [0, 0.1) is 0 Å². The number of benzene rings is 2. The van der Waals surface area contributed by atoms with Gasteiger partial charge in [-0.05, 0) is 69.5 Å². The second-order valence-corrected chi connectivity index (χ2v) is 8.46. The first-order chi connectivity index (χ1) is 18.9. The average molecular weight is 537 g/mol. The van der Waals surface area contributed by atoms with Gasteiger partial charge in [-0.3, -0.25) is 9.59 Å². The molecule has 0 saturated heterocycles. The quantitative estimate of drug-likeness (QED) is 0.182. The molecule has 0 N–H and O–H groups in total. The minimum atomic E-state index is -0.684. The molecule has 0 aliphatic rings. The number of carbonyl (C=O) groups is 2. The summed E-state index contributed by atoms with van der Waals surface area (Å²) >= 11 is 0. The number of hydrogen-bond donors (Lipinski definition) is 0. The Bertz CT molecular complexity index is 1480. The van der Waals surface area contributed by atoms with Gasteiger partial charge in [0.15, 0.2) is 10.9 Å². The lowest BCUT2D eigenvalue weighted by atomic mass is 10.2. The zero-order valence-electron chi connectivity index (χ0n) is 21.7. The van der Waals surface area contributed by atoms with E-state index >= 15 is 0 Å². The third-order valence-electron chi connectivity index (χ3n) is 5.68. The zero-order valence-corrected chi connectivity index (χ0v) is 21.7. The normalized spacial score (nSPS) is 10.9. The van der Waals surface area contributed by atoms with Crippen LogP contribution in [0.5, 0.6) is 11.5 Å². The van der Waals surface area contributed by atoms with Crippen LogP contribution in [0.4, 0.5) is 0 Å². The van der Waals surface area contributed by atoms with Crippen LogP contribution in [0.2, 0.25) is 0 Å². The molecule has 2 heterocycles. The van der Waals surface area contributed by atoms with Crippen LogP contribution in [0.25, 0.3) is 21.9 Å². The van der Waals surface area contributed by atoms with E-state index < -0.39 is 11.9 Å². The number of esters is 2. The van der Waals surface area contributed by atoms with Crippen molar-refractivity contribution in [1.82, 2.24) is 0 Å². The second kappa shape index (κ2) is 12.8. The fraction of sp³-hybridized carbons (Fsp3) is 0.310. The van der Waals surface area contributed by atoms with E-state index in [2.05, 4.69) is 0 Å². The van der Waals surface area contributed by atoms with Gasteiger partial charge in [-0.15, -0.1) is 0 Å². The number of carbonyl (C=O) groups excluding carboxylic acids is 2. The molecular weight excluding hydrogens is 508 g/mol. The van der Waals surface area contributed by atoms with Gasteiger partial charge in [0, 0.05) is 12.1 Å². The summed E-state index contributed by atoms with van der Waals surface area (Å²) in [6.45, 7) is 4.59. The van der Waals surface area contributed by atoms with Crippen molar-refractivity contribution in [2.24, 2.45) is 0 Å². The standard InChI is InChI=1S/C29H28O10/c1-3-34-28(32)26-16-22(30)20-14-18(8-10-24(20)38-26)36-12-6-5-7-13-37-19-9-11-25-21(15-19)23(31)17-27(39-25)29(33)35-4-2/h8-11,14-17H,3-7,12-13H2,1-2H3. The van der Waals surface area contributed by atoms with Gasteiger partial charge in [0.25, 0.3) is 0 Å². The molecule has 0 fully saturated rings. The van der Waals surface area contributed by atoms with Crippen LogP contribution >= 0.6 is 0 Å². The van der Waals surface area contributed by atoms with E-state index in [4.69, 9.17) is 27.8 Å². The van der Waals surface area contributed by atoms with Crippen molar-refractivity contribution in [3.63, 3.8) is 0 Å². The third kappa shape index (κ3) is 6.84. The fourth-order valence-electron chi connectivity index (χ4n) is 3.82. The van der Waals surface area contributed by atoms with Crippen LogP contribution in [0.15, 0.2) is 67.0 Å². The topological polar surface area (TPSA) is 131 Å². The maximum absolute atomic E-state index is 12.4. The van der Waals surface area contributed by atoms with E-state index in [1.165, 1.54) is 0 Å². The predicted molar refractivity (Wildman–Crippen MR) is 142 cm³/mol. The lowest BCUT2D eigenvalue weighted by Crippen LogP contribution is -2.10. The highest BCUT2D eigenvalue weighted by atomic mass is 16.5. The molecule has 0 bridgehead atoms. The maximum Gasteiger partial charge on any atom is 0.374 e. The lowest BCUT2D eigenvalue weighted by Gasteiger charge is -2.09. The third-order valence-corrected chi connectivity index (χ3v) is 5.68. The molecule has 39 heavy (non-hydrogen) atoms. The van der Waals surface area contributed by atoms with Crippen LogP contribution in [0.3, 0.4) is 0 Å². The maximum atomic E-state index is 12.4. The molecule has 0 aliphatic carbocycles. The van der Waals surface area contributed by atoms with E-state index in [0.29, 0.717) is 35.5 Å². The largest absolute Gasteiger partial charge is 0.494 e. The summed E-state index contributed by atoms with van der Waals surface area (Å²) in [7, 11) is 0. The smallest absolute Gasteiger partial charge is 0.374 e. The number of fused-ring (bicyclic) bond motifs is 2. The van der Waals surface area contributed by atoms with Crippen molar-refractivity contribution in [2.45, 2.75) is 33.1 Å². The molecule has 204 valence electrons. The highest BCUT2D eigenvalue weighted by Gasteiger charge is 2.15. The molecule has 0 spiro atoms. The van der Waals surface area contributed by atoms with Gasteiger partial charge in [0.2, 0.25) is 11.5 Å². The van der Waals surface area contributed by atoms with Crippen LogP contribution < -0.4 is 20.3 Å². The molecule has 0 aliphatic heterocycles. The Morgan fingerprint density at radius 2 is 1.08 bits per heavy atom. The van der Waals surface area contributed by atoms with E-state index in [1.54, 1.807) is 50.2 Å². The molecule has 10 heteroatoms. The first-order valence-corrected chi connectivity index (χ1v) is 12.6. The molecule has 0 saturated carbocycles. The first-order valence-electron chi connectivity index (χ1n) is 12.6. The monoisotopic (exact) mass is 536 g/mol. The molecule has 10 nitrogen and oxygen atoms in total. The summed E-state index contributed by atoms with van der Waals surface area (Å²) in [5.41, 5.74) is -0.150. The van der Waals surface area contributed by atoms with Gasteiger partial charge >= 0.3 is 11.9 Å². The Balaban J connectivity index is 1.24. The van der Waals surface area contributed by atoms with Crippen LogP contribution in [-0.2, 0) is 9.47 Å². The Labute approximate surface area is 223 Å². The first kappa shape index (κ1) is 27.4. The molecule has 2 aromatic carbocycles. The molecule has 0 atom stereocenters. The summed E-state index contributed by atoms with van der Waals surface area (Å²) in [5, 5.41) is 0.631. The van der Waals surface area contributed by atoms with Crippen molar-refractivity contribution in [2.75, 3.05) is 26.4 Å². The number of unbranched alkanes of at least 4 members (excludes halogenated alkanes) is 2. The molecule has 4 rings (SSSR count). The summed E-state index contributed by atoms with van der Waals surface area (Å²) in [6, 6.07) is 11.9. The second-order valence-electron chi connectivity index (χ2n) is 8.46. The average Bonchev–Trinajstić information content (AvgIpc) is 2.93. The molecule has 2 aromatic heterocycles. The van der Waals surface area contributed by atoms with E-state index in [9.17, 15) is 19.2 Å². The van der Waals surface area contributed by atoms with Gasteiger partial charge in [0.1, 0.15) is 22.7 Å². The fourth-order valence-corrected chi connectivity index (χ4v) is 3.82. The van der Waals surface area contributed by atoms with Crippen molar-refractivity contribution >= 4 is 33.9 Å². The lowest BCUT2D eigenvalue weighted by molar-refractivity contribution is 0.0482. The summed E-state index contributed by atoms with van der Waals surface area (Å²) in [6.07, 6.45) is 2.35. The Kier molecular flexibility index (Phi) is 8.98. The minimum Gasteiger partial charge on any atom is -0.494 e. The molecular formula is C29H28O10. The van der Waals surface area contributed by atoms with E-state index in [-0.39, 0.29) is 46.8 Å². The predicted octanol–water partition coefficient (Wildman–Crippen LogP) is 4.88.